The van der Waals surface area contributed by atoms with Crippen molar-refractivity contribution in [2.45, 2.75) is 6.42 Å². The number of rotatable bonds is 7. The zero-order chi connectivity index (χ0) is 9.23. The fraction of sp³-hybridized carbons (Fsp3) is 0.857. The van der Waals surface area contributed by atoms with Crippen molar-refractivity contribution in [1.82, 2.24) is 5.32 Å². The van der Waals surface area contributed by atoms with Crippen LogP contribution in [-0.2, 0) is 9.47 Å². The van der Waals surface area contributed by atoms with Crippen molar-refractivity contribution in [2.75, 3.05) is 33.5 Å². The van der Waals surface area contributed by atoms with Gasteiger partial charge in [-0.2, -0.15) is 0 Å². The summed E-state index contributed by atoms with van der Waals surface area (Å²) in [4.78, 5) is 9.95. The Labute approximate surface area is 71.7 Å². The molecule has 0 saturated carbocycles. The third-order valence-corrected chi connectivity index (χ3v) is 1.16. The minimum Gasteiger partial charge on any atom is -0.465 e. The van der Waals surface area contributed by atoms with E-state index in [0.717, 1.165) is 6.42 Å². The Hall–Kier alpha value is -0.810. The average Bonchev–Trinajstić information content (AvgIpc) is 2.02. The first kappa shape index (κ1) is 11.2. The fourth-order valence-electron chi connectivity index (χ4n) is 0.638. The highest BCUT2D eigenvalue weighted by Crippen LogP contribution is 1.82. The van der Waals surface area contributed by atoms with Gasteiger partial charge in [0.1, 0.15) is 0 Å². The summed E-state index contributed by atoms with van der Waals surface area (Å²) in [6.07, 6.45) is -0.181. The Balaban J connectivity index is 2.86. The smallest absolute Gasteiger partial charge is 0.404 e. The van der Waals surface area contributed by atoms with Crippen molar-refractivity contribution in [3.8, 4) is 0 Å². The number of ether oxygens (including phenoxy) is 2. The van der Waals surface area contributed by atoms with Gasteiger partial charge in [-0.1, -0.05) is 0 Å². The minimum absolute atomic E-state index is 0.336. The predicted octanol–water partition coefficient (Wildman–Crippen LogP) is 0.307. The highest BCUT2D eigenvalue weighted by molar-refractivity contribution is 5.64. The number of methoxy groups -OCH3 is 1. The molecule has 0 unspecified atom stereocenters. The topological polar surface area (TPSA) is 67.8 Å². The SMILES string of the molecule is COCCCOCCNC(=O)O. The summed E-state index contributed by atoms with van der Waals surface area (Å²) in [5, 5.41) is 10.4. The molecule has 0 aliphatic rings. The van der Waals surface area contributed by atoms with E-state index in [2.05, 4.69) is 5.32 Å². The van der Waals surface area contributed by atoms with E-state index in [4.69, 9.17) is 14.6 Å². The van der Waals surface area contributed by atoms with Gasteiger partial charge in [0.2, 0.25) is 0 Å². The van der Waals surface area contributed by atoms with Crippen LogP contribution in [0.1, 0.15) is 6.42 Å². The van der Waals surface area contributed by atoms with E-state index in [-0.39, 0.29) is 0 Å². The van der Waals surface area contributed by atoms with E-state index in [1.807, 2.05) is 0 Å². The first-order valence-corrected chi connectivity index (χ1v) is 3.81. The van der Waals surface area contributed by atoms with Crippen LogP contribution in [0, 0.1) is 0 Å². The molecule has 0 fully saturated rings. The molecule has 0 radical (unpaired) electrons. The van der Waals surface area contributed by atoms with E-state index in [1.165, 1.54) is 0 Å². The van der Waals surface area contributed by atoms with Gasteiger partial charge < -0.3 is 19.9 Å². The lowest BCUT2D eigenvalue weighted by molar-refractivity contribution is 0.103. The van der Waals surface area contributed by atoms with Crippen LogP contribution >= 0.6 is 0 Å². The monoisotopic (exact) mass is 177 g/mol. The molecule has 5 nitrogen and oxygen atoms in total. The predicted molar refractivity (Wildman–Crippen MR) is 43.3 cm³/mol. The maximum atomic E-state index is 9.95. The van der Waals surface area contributed by atoms with Crippen molar-refractivity contribution >= 4 is 6.09 Å². The quantitative estimate of drug-likeness (QED) is 0.549. The lowest BCUT2D eigenvalue weighted by Crippen LogP contribution is -2.25. The molecule has 2 N–H and O–H groups in total. The summed E-state index contributed by atoms with van der Waals surface area (Å²) in [5.41, 5.74) is 0. The van der Waals surface area contributed by atoms with Crippen molar-refractivity contribution in [3.63, 3.8) is 0 Å². The molecule has 12 heavy (non-hydrogen) atoms. The molecule has 0 aromatic carbocycles. The Morgan fingerprint density at radius 2 is 2.17 bits per heavy atom. The van der Waals surface area contributed by atoms with Gasteiger partial charge in [0.25, 0.3) is 0 Å². The third-order valence-electron chi connectivity index (χ3n) is 1.16. The molecule has 72 valence electrons. The van der Waals surface area contributed by atoms with Gasteiger partial charge in [0.15, 0.2) is 0 Å². The molecule has 0 rings (SSSR count). The van der Waals surface area contributed by atoms with Crippen LogP contribution < -0.4 is 5.32 Å². The van der Waals surface area contributed by atoms with Gasteiger partial charge in [-0.3, -0.25) is 0 Å². The molecule has 0 saturated heterocycles. The largest absolute Gasteiger partial charge is 0.465 e. The Morgan fingerprint density at radius 3 is 2.75 bits per heavy atom. The van der Waals surface area contributed by atoms with E-state index in [1.54, 1.807) is 7.11 Å². The van der Waals surface area contributed by atoms with Crippen LogP contribution in [0.2, 0.25) is 0 Å². The molecule has 0 heterocycles. The molecule has 0 aromatic heterocycles. The molecular weight excluding hydrogens is 162 g/mol. The normalized spacial score (nSPS) is 9.75. The summed E-state index contributed by atoms with van der Waals surface area (Å²) in [7, 11) is 1.63. The molecular formula is C7H15NO4. The number of carbonyl (C=O) groups is 1. The summed E-state index contributed by atoms with van der Waals surface area (Å²) in [6.45, 7) is 2.03. The van der Waals surface area contributed by atoms with Crippen molar-refractivity contribution in [1.29, 1.82) is 0 Å². The number of amides is 1. The van der Waals surface area contributed by atoms with Crippen LogP contribution in [-0.4, -0.2) is 44.7 Å². The maximum Gasteiger partial charge on any atom is 0.404 e. The zero-order valence-corrected chi connectivity index (χ0v) is 7.21. The van der Waals surface area contributed by atoms with Gasteiger partial charge >= 0.3 is 6.09 Å². The maximum absolute atomic E-state index is 9.95. The molecule has 0 spiro atoms. The first-order chi connectivity index (χ1) is 5.77. The molecule has 0 bridgehead atoms. The number of carboxylic acid groups (broad SMARTS) is 1. The fourth-order valence-corrected chi connectivity index (χ4v) is 0.638. The molecule has 0 aliphatic heterocycles. The average molecular weight is 177 g/mol. The summed E-state index contributed by atoms with van der Waals surface area (Å²) in [5.74, 6) is 0. The summed E-state index contributed by atoms with van der Waals surface area (Å²) >= 11 is 0. The van der Waals surface area contributed by atoms with Gasteiger partial charge in [0, 0.05) is 26.9 Å². The standard InChI is InChI=1S/C7H15NO4/c1-11-4-2-5-12-6-3-8-7(9)10/h8H,2-6H2,1H3,(H,9,10). The Kier molecular flexibility index (Phi) is 7.73. The van der Waals surface area contributed by atoms with Gasteiger partial charge in [-0.05, 0) is 6.42 Å². The second-order valence-electron chi connectivity index (χ2n) is 2.19. The van der Waals surface area contributed by atoms with Gasteiger partial charge in [0.05, 0.1) is 6.61 Å². The van der Waals surface area contributed by atoms with Gasteiger partial charge in [-0.15, -0.1) is 0 Å². The Morgan fingerprint density at radius 1 is 1.42 bits per heavy atom. The zero-order valence-electron chi connectivity index (χ0n) is 7.21. The number of hydrogen-bond donors (Lipinski definition) is 2. The number of nitrogens with one attached hydrogen (secondary N) is 1. The summed E-state index contributed by atoms with van der Waals surface area (Å²) < 4.78 is 9.88. The van der Waals surface area contributed by atoms with Crippen LogP contribution in [0.5, 0.6) is 0 Å². The third kappa shape index (κ3) is 9.19. The highest BCUT2D eigenvalue weighted by Gasteiger charge is 1.92. The molecule has 0 atom stereocenters. The lowest BCUT2D eigenvalue weighted by atomic mass is 10.5. The van der Waals surface area contributed by atoms with Crippen molar-refractivity contribution in [3.05, 3.63) is 0 Å². The lowest BCUT2D eigenvalue weighted by Gasteiger charge is -2.03. The van der Waals surface area contributed by atoms with Crippen LogP contribution in [0.3, 0.4) is 0 Å². The van der Waals surface area contributed by atoms with E-state index in [0.29, 0.717) is 26.4 Å². The molecule has 0 aliphatic carbocycles. The summed E-state index contributed by atoms with van der Waals surface area (Å²) in [6, 6.07) is 0. The second-order valence-corrected chi connectivity index (χ2v) is 2.19. The number of hydrogen-bond acceptors (Lipinski definition) is 3. The first-order valence-electron chi connectivity index (χ1n) is 3.81. The van der Waals surface area contributed by atoms with Crippen LogP contribution in [0.4, 0.5) is 4.79 Å². The molecule has 1 amide bonds. The van der Waals surface area contributed by atoms with Gasteiger partial charge in [-0.25, -0.2) is 4.79 Å². The highest BCUT2D eigenvalue weighted by atomic mass is 16.5. The van der Waals surface area contributed by atoms with Crippen LogP contribution in [0.25, 0.3) is 0 Å². The van der Waals surface area contributed by atoms with Crippen LogP contribution in [0.15, 0.2) is 0 Å². The second kappa shape index (κ2) is 8.29. The molecule has 0 aromatic rings. The van der Waals surface area contributed by atoms with Crippen molar-refractivity contribution < 1.29 is 19.4 Å². The van der Waals surface area contributed by atoms with E-state index < -0.39 is 6.09 Å². The minimum atomic E-state index is -1.02. The van der Waals surface area contributed by atoms with E-state index >= 15 is 0 Å². The van der Waals surface area contributed by atoms with E-state index in [9.17, 15) is 4.79 Å². The van der Waals surface area contributed by atoms with Crippen molar-refractivity contribution in [2.24, 2.45) is 0 Å². The Bertz CT molecular complexity index is 118. The molecule has 5 heteroatoms.